The lowest BCUT2D eigenvalue weighted by molar-refractivity contribution is 0.506. The molecule has 0 aliphatic rings. The van der Waals surface area contributed by atoms with Crippen LogP contribution in [0, 0.1) is 11.6 Å². The van der Waals surface area contributed by atoms with Gasteiger partial charge in [0, 0.05) is 4.47 Å². The summed E-state index contributed by atoms with van der Waals surface area (Å²) in [5.41, 5.74) is 7.27. The highest BCUT2D eigenvalue weighted by Crippen LogP contribution is 2.28. The fourth-order valence-electron chi connectivity index (χ4n) is 1.60. The van der Waals surface area contributed by atoms with Gasteiger partial charge in [0.25, 0.3) is 0 Å². The van der Waals surface area contributed by atoms with E-state index in [1.54, 1.807) is 18.2 Å². The molecule has 0 saturated carbocycles. The van der Waals surface area contributed by atoms with Crippen LogP contribution in [0.1, 0.15) is 17.2 Å². The van der Waals surface area contributed by atoms with E-state index in [-0.39, 0.29) is 0 Å². The third-order valence-electron chi connectivity index (χ3n) is 2.61. The van der Waals surface area contributed by atoms with Crippen LogP contribution in [-0.2, 0) is 0 Å². The largest absolute Gasteiger partial charge is 0.320 e. The molecule has 0 bridgehead atoms. The molecule has 5 heteroatoms. The predicted molar refractivity (Wildman–Crippen MR) is 71.5 cm³/mol. The third-order valence-corrected chi connectivity index (χ3v) is 3.82. The van der Waals surface area contributed by atoms with Gasteiger partial charge in [-0.25, -0.2) is 8.78 Å². The maximum Gasteiger partial charge on any atom is 0.159 e. The average Bonchev–Trinajstić information content (AvgIpc) is 2.35. The normalized spacial score (nSPS) is 12.5. The Morgan fingerprint density at radius 3 is 2.22 bits per heavy atom. The van der Waals surface area contributed by atoms with Crippen molar-refractivity contribution in [2.75, 3.05) is 0 Å². The van der Waals surface area contributed by atoms with Gasteiger partial charge in [0.05, 0.1) is 11.1 Å². The van der Waals surface area contributed by atoms with Gasteiger partial charge in [-0.3, -0.25) is 0 Å². The zero-order valence-corrected chi connectivity index (χ0v) is 11.5. The van der Waals surface area contributed by atoms with Gasteiger partial charge in [0.15, 0.2) is 11.6 Å². The lowest BCUT2D eigenvalue weighted by Gasteiger charge is -2.13. The van der Waals surface area contributed by atoms with Gasteiger partial charge in [-0.15, -0.1) is 0 Å². The number of rotatable bonds is 2. The Morgan fingerprint density at radius 1 is 1.00 bits per heavy atom. The Hall–Kier alpha value is -0.970. The highest BCUT2D eigenvalue weighted by atomic mass is 79.9. The predicted octanol–water partition coefficient (Wildman–Crippen LogP) is 4.43. The molecule has 0 aromatic heterocycles. The van der Waals surface area contributed by atoms with E-state index in [2.05, 4.69) is 15.9 Å². The van der Waals surface area contributed by atoms with Crippen molar-refractivity contribution >= 4 is 27.5 Å². The number of benzene rings is 2. The lowest BCUT2D eigenvalue weighted by atomic mass is 9.99. The molecule has 1 unspecified atom stereocenters. The molecule has 0 aliphatic carbocycles. The number of hydrogen-bond donors (Lipinski definition) is 1. The Bertz CT molecular complexity index is 538. The Morgan fingerprint density at radius 2 is 1.61 bits per heavy atom. The van der Waals surface area contributed by atoms with Crippen LogP contribution in [0.25, 0.3) is 0 Å². The number of halogens is 4. The molecule has 2 N–H and O–H groups in total. The molecule has 94 valence electrons. The molecule has 2 aromatic rings. The van der Waals surface area contributed by atoms with E-state index in [4.69, 9.17) is 17.3 Å². The van der Waals surface area contributed by atoms with Crippen LogP contribution in [0.15, 0.2) is 40.9 Å². The second-order valence-corrected chi connectivity index (χ2v) is 5.09. The molecule has 18 heavy (non-hydrogen) atoms. The zero-order valence-electron chi connectivity index (χ0n) is 9.13. The fourth-order valence-corrected chi connectivity index (χ4v) is 2.12. The SMILES string of the molecule is NC(c1ccc(F)c(F)c1)c1ccc(Cl)c(Br)c1. The van der Waals surface area contributed by atoms with Gasteiger partial charge in [-0.1, -0.05) is 23.7 Å². The summed E-state index contributed by atoms with van der Waals surface area (Å²) < 4.78 is 26.7. The summed E-state index contributed by atoms with van der Waals surface area (Å²) in [6.45, 7) is 0. The molecule has 2 rings (SSSR count). The lowest BCUT2D eigenvalue weighted by Crippen LogP contribution is -2.12. The van der Waals surface area contributed by atoms with E-state index in [0.29, 0.717) is 15.1 Å². The van der Waals surface area contributed by atoms with Gasteiger partial charge < -0.3 is 5.73 Å². The Balaban J connectivity index is 2.37. The molecule has 0 saturated heterocycles. The zero-order chi connectivity index (χ0) is 13.3. The molecule has 0 fully saturated rings. The minimum Gasteiger partial charge on any atom is -0.320 e. The van der Waals surface area contributed by atoms with Crippen LogP contribution in [0.2, 0.25) is 5.02 Å². The summed E-state index contributed by atoms with van der Waals surface area (Å²) in [6.07, 6.45) is 0. The summed E-state index contributed by atoms with van der Waals surface area (Å²) in [7, 11) is 0. The van der Waals surface area contributed by atoms with Crippen LogP contribution < -0.4 is 5.73 Å². The first kappa shape index (κ1) is 13.5. The summed E-state index contributed by atoms with van der Waals surface area (Å²) in [6, 6.07) is 8.30. The van der Waals surface area contributed by atoms with Gasteiger partial charge in [0.1, 0.15) is 0 Å². The smallest absolute Gasteiger partial charge is 0.159 e. The van der Waals surface area contributed by atoms with Gasteiger partial charge in [0.2, 0.25) is 0 Å². The van der Waals surface area contributed by atoms with Crippen molar-refractivity contribution in [2.45, 2.75) is 6.04 Å². The van der Waals surface area contributed by atoms with Crippen molar-refractivity contribution < 1.29 is 8.78 Å². The first-order chi connectivity index (χ1) is 8.49. The van der Waals surface area contributed by atoms with Gasteiger partial charge >= 0.3 is 0 Å². The van der Waals surface area contributed by atoms with E-state index in [9.17, 15) is 8.78 Å². The number of nitrogens with two attached hydrogens (primary N) is 1. The summed E-state index contributed by atoms with van der Waals surface area (Å²) >= 11 is 9.17. The topological polar surface area (TPSA) is 26.0 Å². The highest BCUT2D eigenvalue weighted by Gasteiger charge is 2.12. The van der Waals surface area contributed by atoms with E-state index in [1.807, 2.05) is 0 Å². The van der Waals surface area contributed by atoms with Gasteiger partial charge in [-0.05, 0) is 51.3 Å². The molecule has 0 amide bonds. The van der Waals surface area contributed by atoms with Gasteiger partial charge in [-0.2, -0.15) is 0 Å². The molecule has 0 radical (unpaired) electrons. The molecule has 1 nitrogen and oxygen atoms in total. The number of hydrogen-bond acceptors (Lipinski definition) is 1. The average molecular weight is 333 g/mol. The van der Waals surface area contributed by atoms with Crippen LogP contribution in [-0.4, -0.2) is 0 Å². The van der Waals surface area contributed by atoms with E-state index >= 15 is 0 Å². The first-order valence-electron chi connectivity index (χ1n) is 5.14. The molecule has 0 heterocycles. The van der Waals surface area contributed by atoms with Crippen LogP contribution in [0.3, 0.4) is 0 Å². The maximum atomic E-state index is 13.1. The minimum absolute atomic E-state index is 0.503. The molecule has 2 aromatic carbocycles. The molecule has 0 aliphatic heterocycles. The molecule has 1 atom stereocenters. The second kappa shape index (κ2) is 5.34. The van der Waals surface area contributed by atoms with Crippen LogP contribution >= 0.6 is 27.5 Å². The standard InChI is InChI=1S/C13H9BrClF2N/c14-9-5-7(1-3-10(9)15)13(18)8-2-4-11(16)12(17)6-8/h1-6,13H,18H2. The Labute approximate surface area is 117 Å². The molecule has 0 spiro atoms. The van der Waals surface area contributed by atoms with Crippen molar-refractivity contribution in [2.24, 2.45) is 5.73 Å². The van der Waals surface area contributed by atoms with Crippen molar-refractivity contribution in [3.63, 3.8) is 0 Å². The van der Waals surface area contributed by atoms with Crippen molar-refractivity contribution in [3.05, 3.63) is 68.7 Å². The third kappa shape index (κ3) is 2.71. The fraction of sp³-hybridized carbons (Fsp3) is 0.0769. The van der Waals surface area contributed by atoms with Crippen LogP contribution in [0.4, 0.5) is 8.78 Å². The highest BCUT2D eigenvalue weighted by molar-refractivity contribution is 9.10. The quantitative estimate of drug-likeness (QED) is 0.865. The minimum atomic E-state index is -0.907. The van der Waals surface area contributed by atoms with E-state index < -0.39 is 17.7 Å². The maximum absolute atomic E-state index is 13.1. The molecular formula is C13H9BrClF2N. The summed E-state index contributed by atoms with van der Waals surface area (Å²) in [5.74, 6) is -1.79. The second-order valence-electron chi connectivity index (χ2n) is 3.82. The summed E-state index contributed by atoms with van der Waals surface area (Å²) in [5, 5.41) is 0.566. The summed E-state index contributed by atoms with van der Waals surface area (Å²) in [4.78, 5) is 0. The monoisotopic (exact) mass is 331 g/mol. The van der Waals surface area contributed by atoms with Crippen molar-refractivity contribution in [1.82, 2.24) is 0 Å². The van der Waals surface area contributed by atoms with E-state index in [1.165, 1.54) is 6.07 Å². The Kier molecular flexibility index (Phi) is 4.00. The van der Waals surface area contributed by atoms with E-state index in [0.717, 1.165) is 17.7 Å². The van der Waals surface area contributed by atoms with Crippen LogP contribution in [0.5, 0.6) is 0 Å². The van der Waals surface area contributed by atoms with Crippen molar-refractivity contribution in [1.29, 1.82) is 0 Å². The van der Waals surface area contributed by atoms with Crippen molar-refractivity contribution in [3.8, 4) is 0 Å². The molecular weight excluding hydrogens is 324 g/mol. The first-order valence-corrected chi connectivity index (χ1v) is 6.31.